The Balaban J connectivity index is 1.63. The summed E-state index contributed by atoms with van der Waals surface area (Å²) in [5.41, 5.74) is 0.436. The van der Waals surface area contributed by atoms with Gasteiger partial charge in [0.1, 0.15) is 0 Å². The van der Waals surface area contributed by atoms with Gasteiger partial charge in [0.05, 0.1) is 6.10 Å². The second-order valence-corrected chi connectivity index (χ2v) is 8.48. The SMILES string of the molecule is CC1(C)CCC(O)C(CN2CCC[C@H]3CCCC[C@H]32)C1. The summed E-state index contributed by atoms with van der Waals surface area (Å²) in [7, 11) is 0. The fourth-order valence-electron chi connectivity index (χ4n) is 5.16. The third-order valence-corrected chi connectivity index (χ3v) is 6.30. The number of likely N-dealkylation sites (tertiary alicyclic amines) is 1. The summed E-state index contributed by atoms with van der Waals surface area (Å²) < 4.78 is 0. The van der Waals surface area contributed by atoms with Gasteiger partial charge in [-0.15, -0.1) is 0 Å². The van der Waals surface area contributed by atoms with Crippen molar-refractivity contribution in [2.75, 3.05) is 13.1 Å². The van der Waals surface area contributed by atoms with Gasteiger partial charge in [0, 0.05) is 12.6 Å². The van der Waals surface area contributed by atoms with Crippen LogP contribution in [0.5, 0.6) is 0 Å². The maximum absolute atomic E-state index is 10.4. The summed E-state index contributed by atoms with van der Waals surface area (Å²) in [4.78, 5) is 2.77. The van der Waals surface area contributed by atoms with Gasteiger partial charge in [0.25, 0.3) is 0 Å². The second kappa shape index (κ2) is 5.96. The molecule has 0 aromatic carbocycles. The van der Waals surface area contributed by atoms with Crippen LogP contribution in [0.4, 0.5) is 0 Å². The van der Waals surface area contributed by atoms with Crippen LogP contribution in [0.15, 0.2) is 0 Å². The molecule has 0 aromatic rings. The van der Waals surface area contributed by atoms with Gasteiger partial charge in [-0.2, -0.15) is 0 Å². The van der Waals surface area contributed by atoms with E-state index in [-0.39, 0.29) is 6.10 Å². The van der Waals surface area contributed by atoms with E-state index in [0.717, 1.165) is 24.9 Å². The maximum atomic E-state index is 10.4. The number of fused-ring (bicyclic) bond motifs is 1. The number of nitrogens with zero attached hydrogens (tertiary/aromatic N) is 1. The topological polar surface area (TPSA) is 23.5 Å². The van der Waals surface area contributed by atoms with Gasteiger partial charge >= 0.3 is 0 Å². The molecule has 2 heteroatoms. The van der Waals surface area contributed by atoms with Crippen molar-refractivity contribution in [1.82, 2.24) is 4.90 Å². The standard InChI is InChI=1S/C18H33NO/c1-18(2)10-9-17(20)15(12-18)13-19-11-5-7-14-6-3-4-8-16(14)19/h14-17,20H,3-13H2,1-2H3/t14-,15?,16-,17?/m1/s1. The maximum Gasteiger partial charge on any atom is 0.0581 e. The van der Waals surface area contributed by atoms with E-state index in [1.54, 1.807) is 0 Å². The number of rotatable bonds is 2. The first-order valence-electron chi connectivity index (χ1n) is 8.97. The quantitative estimate of drug-likeness (QED) is 0.830. The molecular formula is C18H33NO. The molecule has 0 amide bonds. The Morgan fingerprint density at radius 1 is 1.05 bits per heavy atom. The zero-order chi connectivity index (χ0) is 14.2. The summed E-state index contributed by atoms with van der Waals surface area (Å²) in [6.07, 6.45) is 12.0. The molecule has 3 fully saturated rings. The van der Waals surface area contributed by atoms with Crippen molar-refractivity contribution in [3.8, 4) is 0 Å². The van der Waals surface area contributed by atoms with Crippen LogP contribution >= 0.6 is 0 Å². The minimum Gasteiger partial charge on any atom is -0.393 e. The van der Waals surface area contributed by atoms with Crippen LogP contribution in [-0.4, -0.2) is 35.2 Å². The third-order valence-electron chi connectivity index (χ3n) is 6.30. The average molecular weight is 279 g/mol. The van der Waals surface area contributed by atoms with Gasteiger partial charge in [-0.3, -0.25) is 4.90 Å². The van der Waals surface area contributed by atoms with E-state index >= 15 is 0 Å². The lowest BCUT2D eigenvalue weighted by Crippen LogP contribution is -2.51. The highest BCUT2D eigenvalue weighted by atomic mass is 16.3. The number of hydrogen-bond acceptors (Lipinski definition) is 2. The predicted octanol–water partition coefficient (Wildman–Crippen LogP) is 3.83. The first-order valence-corrected chi connectivity index (χ1v) is 8.97. The third kappa shape index (κ3) is 3.22. The molecule has 1 N–H and O–H groups in total. The summed E-state index contributed by atoms with van der Waals surface area (Å²) in [6, 6.07) is 0.842. The van der Waals surface area contributed by atoms with Crippen LogP contribution in [0.25, 0.3) is 0 Å². The molecule has 1 saturated heterocycles. The minimum absolute atomic E-state index is 0.0491. The molecule has 0 bridgehead atoms. The molecule has 0 aromatic heterocycles. The van der Waals surface area contributed by atoms with Crippen molar-refractivity contribution >= 4 is 0 Å². The molecular weight excluding hydrogens is 246 g/mol. The monoisotopic (exact) mass is 279 g/mol. The van der Waals surface area contributed by atoms with Gasteiger partial charge in [-0.05, 0) is 68.7 Å². The van der Waals surface area contributed by atoms with Crippen molar-refractivity contribution in [2.45, 2.75) is 83.8 Å². The Morgan fingerprint density at radius 2 is 1.80 bits per heavy atom. The van der Waals surface area contributed by atoms with Crippen molar-refractivity contribution in [3.63, 3.8) is 0 Å². The summed E-state index contributed by atoms with van der Waals surface area (Å²) in [5.74, 6) is 1.48. The lowest BCUT2D eigenvalue weighted by molar-refractivity contribution is -0.0230. The van der Waals surface area contributed by atoms with Gasteiger partial charge in [-0.25, -0.2) is 0 Å². The molecule has 2 unspecified atom stereocenters. The molecule has 2 nitrogen and oxygen atoms in total. The lowest BCUT2D eigenvalue weighted by atomic mass is 9.70. The van der Waals surface area contributed by atoms with Crippen LogP contribution in [0.3, 0.4) is 0 Å². The summed E-state index contributed by atoms with van der Waals surface area (Å²) in [6.45, 7) is 7.20. The Labute approximate surface area is 124 Å². The Kier molecular flexibility index (Phi) is 4.42. The summed E-state index contributed by atoms with van der Waals surface area (Å²) >= 11 is 0. The van der Waals surface area contributed by atoms with E-state index in [2.05, 4.69) is 18.7 Å². The van der Waals surface area contributed by atoms with Crippen LogP contribution in [0.2, 0.25) is 0 Å². The van der Waals surface area contributed by atoms with E-state index in [1.165, 1.54) is 57.9 Å². The smallest absolute Gasteiger partial charge is 0.0581 e. The number of hydrogen-bond donors (Lipinski definition) is 1. The van der Waals surface area contributed by atoms with Crippen LogP contribution in [0, 0.1) is 17.3 Å². The van der Waals surface area contributed by atoms with Gasteiger partial charge in [-0.1, -0.05) is 26.7 Å². The second-order valence-electron chi connectivity index (χ2n) is 8.48. The fourth-order valence-corrected chi connectivity index (χ4v) is 5.16. The molecule has 3 rings (SSSR count). The molecule has 1 heterocycles. The Hall–Kier alpha value is -0.0800. The first kappa shape index (κ1) is 14.8. The molecule has 4 atom stereocenters. The largest absolute Gasteiger partial charge is 0.393 e. The zero-order valence-electron chi connectivity index (χ0n) is 13.5. The zero-order valence-corrected chi connectivity index (χ0v) is 13.5. The molecule has 0 spiro atoms. The number of piperidine rings is 1. The van der Waals surface area contributed by atoms with Crippen molar-refractivity contribution in [2.24, 2.45) is 17.3 Å². The fraction of sp³-hybridized carbons (Fsp3) is 1.00. The highest BCUT2D eigenvalue weighted by Crippen LogP contribution is 2.41. The predicted molar refractivity (Wildman–Crippen MR) is 83.7 cm³/mol. The molecule has 20 heavy (non-hydrogen) atoms. The Morgan fingerprint density at radius 3 is 2.65 bits per heavy atom. The normalized spacial score (nSPS) is 42.1. The van der Waals surface area contributed by atoms with E-state index in [9.17, 15) is 5.11 Å². The van der Waals surface area contributed by atoms with Crippen LogP contribution in [0.1, 0.15) is 71.6 Å². The highest BCUT2D eigenvalue weighted by Gasteiger charge is 2.38. The highest BCUT2D eigenvalue weighted by molar-refractivity contribution is 4.91. The average Bonchev–Trinajstić information content (AvgIpc) is 2.43. The molecule has 2 saturated carbocycles. The number of aliphatic hydroxyl groups excluding tert-OH is 1. The van der Waals surface area contributed by atoms with Gasteiger partial charge < -0.3 is 5.11 Å². The minimum atomic E-state index is -0.0491. The first-order chi connectivity index (χ1) is 9.55. The van der Waals surface area contributed by atoms with Crippen molar-refractivity contribution < 1.29 is 5.11 Å². The van der Waals surface area contributed by atoms with Crippen LogP contribution in [-0.2, 0) is 0 Å². The molecule has 2 aliphatic carbocycles. The van der Waals surface area contributed by atoms with E-state index in [0.29, 0.717) is 11.3 Å². The molecule has 1 aliphatic heterocycles. The van der Waals surface area contributed by atoms with Gasteiger partial charge in [0.15, 0.2) is 0 Å². The number of aliphatic hydroxyl groups is 1. The molecule has 3 aliphatic rings. The van der Waals surface area contributed by atoms with E-state index < -0.39 is 0 Å². The molecule has 0 radical (unpaired) electrons. The van der Waals surface area contributed by atoms with Crippen LogP contribution < -0.4 is 0 Å². The van der Waals surface area contributed by atoms with E-state index in [1.807, 2.05) is 0 Å². The van der Waals surface area contributed by atoms with Crippen molar-refractivity contribution in [1.29, 1.82) is 0 Å². The van der Waals surface area contributed by atoms with Gasteiger partial charge in [0.2, 0.25) is 0 Å². The van der Waals surface area contributed by atoms with Crippen molar-refractivity contribution in [3.05, 3.63) is 0 Å². The Bertz CT molecular complexity index is 325. The molecule has 116 valence electrons. The lowest BCUT2D eigenvalue weighted by Gasteiger charge is -2.47. The van der Waals surface area contributed by atoms with E-state index in [4.69, 9.17) is 0 Å². The summed E-state index contributed by atoms with van der Waals surface area (Å²) in [5, 5.41) is 10.4.